The molecule has 0 aliphatic heterocycles. The van der Waals surface area contributed by atoms with Gasteiger partial charge in [0, 0.05) is 11.7 Å². The molecule has 1 aliphatic carbocycles. The second kappa shape index (κ2) is 2.49. The maximum atomic E-state index is 6.10. The van der Waals surface area contributed by atoms with E-state index in [0.717, 1.165) is 18.4 Å². The highest BCUT2D eigenvalue weighted by Gasteiger charge is 2.40. The summed E-state index contributed by atoms with van der Waals surface area (Å²) in [5, 5.41) is 0.494. The monoisotopic (exact) mass is 207 g/mol. The van der Waals surface area contributed by atoms with E-state index in [-0.39, 0.29) is 5.54 Å². The molecule has 4 heteroatoms. The topological polar surface area (TPSA) is 43.3 Å². The van der Waals surface area contributed by atoms with Gasteiger partial charge in [-0.1, -0.05) is 0 Å². The van der Waals surface area contributed by atoms with Crippen molar-refractivity contribution in [2.45, 2.75) is 18.4 Å². The van der Waals surface area contributed by atoms with Crippen molar-refractivity contribution in [1.82, 2.24) is 9.38 Å². The Kier molecular flexibility index (Phi) is 1.47. The predicted molar refractivity (Wildman–Crippen MR) is 55.3 cm³/mol. The lowest BCUT2D eigenvalue weighted by molar-refractivity contribution is 0.739. The molecule has 2 aromatic heterocycles. The first-order valence-corrected chi connectivity index (χ1v) is 4.99. The molecule has 0 spiro atoms. The van der Waals surface area contributed by atoms with Crippen LogP contribution in [-0.4, -0.2) is 9.38 Å². The summed E-state index contributed by atoms with van der Waals surface area (Å²) in [5.74, 6) is 0. The number of halogens is 1. The summed E-state index contributed by atoms with van der Waals surface area (Å²) in [5.41, 5.74) is 8.20. The van der Waals surface area contributed by atoms with E-state index >= 15 is 0 Å². The second-order valence-corrected chi connectivity index (χ2v) is 4.23. The van der Waals surface area contributed by atoms with Crippen LogP contribution in [0.4, 0.5) is 0 Å². The molecule has 2 aromatic rings. The van der Waals surface area contributed by atoms with Gasteiger partial charge in [0.05, 0.1) is 11.7 Å². The summed E-state index contributed by atoms with van der Waals surface area (Å²) in [6.45, 7) is 0. The van der Waals surface area contributed by atoms with Gasteiger partial charge in [0.1, 0.15) is 0 Å². The van der Waals surface area contributed by atoms with Crippen molar-refractivity contribution in [1.29, 1.82) is 0 Å². The zero-order chi connectivity index (χ0) is 9.76. The standard InChI is InChI=1S/C10H10ClN3/c11-9-13-6-8-5-7(1-4-14(8)9)10(12)2-3-10/h1,4-6H,2-3,12H2. The van der Waals surface area contributed by atoms with E-state index in [4.69, 9.17) is 17.3 Å². The fraction of sp³-hybridized carbons (Fsp3) is 0.300. The number of pyridine rings is 1. The summed E-state index contributed by atoms with van der Waals surface area (Å²) in [6.07, 6.45) is 5.83. The first-order valence-electron chi connectivity index (χ1n) is 4.61. The van der Waals surface area contributed by atoms with E-state index in [0.29, 0.717) is 5.28 Å². The lowest BCUT2D eigenvalue weighted by atomic mass is 10.1. The van der Waals surface area contributed by atoms with Gasteiger partial charge in [0.2, 0.25) is 5.28 Å². The summed E-state index contributed by atoms with van der Waals surface area (Å²) in [6, 6.07) is 4.08. The molecule has 0 atom stereocenters. The van der Waals surface area contributed by atoms with Crippen molar-refractivity contribution < 1.29 is 0 Å². The molecule has 1 fully saturated rings. The van der Waals surface area contributed by atoms with Gasteiger partial charge in [-0.2, -0.15) is 0 Å². The van der Waals surface area contributed by atoms with Crippen molar-refractivity contribution in [3.05, 3.63) is 35.4 Å². The molecule has 0 aromatic carbocycles. The summed E-state index contributed by atoms with van der Waals surface area (Å²) in [7, 11) is 0. The number of rotatable bonds is 1. The van der Waals surface area contributed by atoms with E-state index in [9.17, 15) is 0 Å². The fourth-order valence-electron chi connectivity index (χ4n) is 1.70. The minimum atomic E-state index is -0.0848. The van der Waals surface area contributed by atoms with Crippen molar-refractivity contribution >= 4 is 17.1 Å². The minimum absolute atomic E-state index is 0.0848. The molecule has 14 heavy (non-hydrogen) atoms. The van der Waals surface area contributed by atoms with Crippen molar-refractivity contribution in [3.8, 4) is 0 Å². The molecule has 0 unspecified atom stereocenters. The smallest absolute Gasteiger partial charge is 0.207 e. The van der Waals surface area contributed by atoms with Crippen molar-refractivity contribution in [2.75, 3.05) is 0 Å². The Morgan fingerprint density at radius 1 is 1.50 bits per heavy atom. The van der Waals surface area contributed by atoms with Gasteiger partial charge in [-0.3, -0.25) is 4.40 Å². The van der Waals surface area contributed by atoms with Crippen molar-refractivity contribution in [3.63, 3.8) is 0 Å². The van der Waals surface area contributed by atoms with E-state index in [1.807, 2.05) is 16.7 Å². The molecule has 0 saturated heterocycles. The first kappa shape index (κ1) is 8.26. The number of nitrogens with two attached hydrogens (primary N) is 1. The molecule has 3 rings (SSSR count). The van der Waals surface area contributed by atoms with Crippen LogP contribution in [0.3, 0.4) is 0 Å². The number of imidazole rings is 1. The quantitative estimate of drug-likeness (QED) is 0.777. The van der Waals surface area contributed by atoms with Crippen LogP contribution in [-0.2, 0) is 5.54 Å². The SMILES string of the molecule is NC1(c2ccn3c(Cl)ncc3c2)CC1. The Balaban J connectivity index is 2.21. The molecule has 0 amide bonds. The highest BCUT2D eigenvalue weighted by molar-refractivity contribution is 6.28. The Labute approximate surface area is 86.5 Å². The molecule has 2 N–H and O–H groups in total. The third-order valence-electron chi connectivity index (χ3n) is 2.85. The number of nitrogens with zero attached hydrogens (tertiary/aromatic N) is 2. The van der Waals surface area contributed by atoms with Gasteiger partial charge < -0.3 is 5.73 Å². The van der Waals surface area contributed by atoms with Crippen LogP contribution in [0.2, 0.25) is 5.28 Å². The maximum absolute atomic E-state index is 6.10. The number of fused-ring (bicyclic) bond motifs is 1. The number of aromatic nitrogens is 2. The van der Waals surface area contributed by atoms with Crippen molar-refractivity contribution in [2.24, 2.45) is 5.73 Å². The van der Waals surface area contributed by atoms with E-state index < -0.39 is 0 Å². The third kappa shape index (κ3) is 1.06. The minimum Gasteiger partial charge on any atom is -0.321 e. The zero-order valence-electron chi connectivity index (χ0n) is 7.57. The van der Waals surface area contributed by atoms with Crippen LogP contribution < -0.4 is 5.73 Å². The summed E-state index contributed by atoms with van der Waals surface area (Å²) in [4.78, 5) is 4.03. The molecule has 3 nitrogen and oxygen atoms in total. The number of hydrogen-bond donors (Lipinski definition) is 1. The van der Waals surface area contributed by atoms with Crippen LogP contribution in [0.15, 0.2) is 24.5 Å². The Morgan fingerprint density at radius 2 is 2.29 bits per heavy atom. The third-order valence-corrected chi connectivity index (χ3v) is 3.13. The molecule has 1 saturated carbocycles. The maximum Gasteiger partial charge on any atom is 0.207 e. The Morgan fingerprint density at radius 3 is 3.00 bits per heavy atom. The Hall–Kier alpha value is -1.06. The van der Waals surface area contributed by atoms with Gasteiger partial charge in [-0.05, 0) is 42.1 Å². The second-order valence-electron chi connectivity index (χ2n) is 3.89. The van der Waals surface area contributed by atoms with Gasteiger partial charge in [-0.25, -0.2) is 4.98 Å². The van der Waals surface area contributed by atoms with E-state index in [1.165, 1.54) is 5.56 Å². The molecular weight excluding hydrogens is 198 g/mol. The fourth-order valence-corrected chi connectivity index (χ4v) is 1.90. The number of hydrogen-bond acceptors (Lipinski definition) is 2. The van der Waals surface area contributed by atoms with E-state index in [1.54, 1.807) is 6.20 Å². The molecule has 72 valence electrons. The lowest BCUT2D eigenvalue weighted by Gasteiger charge is -2.08. The van der Waals surface area contributed by atoms with Crippen LogP contribution >= 0.6 is 11.6 Å². The van der Waals surface area contributed by atoms with Gasteiger partial charge >= 0.3 is 0 Å². The normalized spacial score (nSPS) is 18.7. The summed E-state index contributed by atoms with van der Waals surface area (Å²) < 4.78 is 1.84. The lowest BCUT2D eigenvalue weighted by Crippen LogP contribution is -2.18. The zero-order valence-corrected chi connectivity index (χ0v) is 8.33. The molecular formula is C10H10ClN3. The molecule has 2 heterocycles. The van der Waals surface area contributed by atoms with Crippen LogP contribution in [0.1, 0.15) is 18.4 Å². The largest absolute Gasteiger partial charge is 0.321 e. The van der Waals surface area contributed by atoms with Crippen LogP contribution in [0.25, 0.3) is 5.52 Å². The predicted octanol–water partition coefficient (Wildman–Crippen LogP) is 1.94. The van der Waals surface area contributed by atoms with E-state index in [2.05, 4.69) is 11.1 Å². The molecule has 0 bridgehead atoms. The molecule has 1 aliphatic rings. The van der Waals surface area contributed by atoms with Gasteiger partial charge in [0.25, 0.3) is 0 Å². The van der Waals surface area contributed by atoms with Crippen LogP contribution in [0.5, 0.6) is 0 Å². The highest BCUT2D eigenvalue weighted by Crippen LogP contribution is 2.42. The first-order chi connectivity index (χ1) is 6.69. The average molecular weight is 208 g/mol. The van der Waals surface area contributed by atoms with Crippen LogP contribution in [0, 0.1) is 0 Å². The van der Waals surface area contributed by atoms with Gasteiger partial charge in [0.15, 0.2) is 0 Å². The highest BCUT2D eigenvalue weighted by atomic mass is 35.5. The average Bonchev–Trinajstić information content (AvgIpc) is 2.84. The Bertz CT molecular complexity index is 499. The van der Waals surface area contributed by atoms with Gasteiger partial charge in [-0.15, -0.1) is 0 Å². The molecule has 0 radical (unpaired) electrons. The summed E-state index contributed by atoms with van der Waals surface area (Å²) >= 11 is 5.88.